The van der Waals surface area contributed by atoms with Crippen LogP contribution in [0.25, 0.3) is 11.0 Å². The number of hydrogen-bond acceptors (Lipinski definition) is 7. The largest absolute Gasteiger partial charge is 0.389 e. The zero-order valence-corrected chi connectivity index (χ0v) is 12.0. The van der Waals surface area contributed by atoms with Crippen LogP contribution in [0.15, 0.2) is 12.5 Å². The van der Waals surface area contributed by atoms with Crippen molar-refractivity contribution >= 4 is 34.1 Å². The Hall–Kier alpha value is -1.81. The minimum Gasteiger partial charge on any atom is -0.389 e. The lowest BCUT2D eigenvalue weighted by molar-refractivity contribution is -0.0296. The Kier molecular flexibility index (Phi) is 3.29. The number of aromatic nitrogens is 3. The molecule has 0 spiro atoms. The van der Waals surface area contributed by atoms with Crippen molar-refractivity contribution in [2.24, 2.45) is 5.73 Å². The third-order valence-electron chi connectivity index (χ3n) is 3.66. The summed E-state index contributed by atoms with van der Waals surface area (Å²) in [5.74, 6) is 0.239. The summed E-state index contributed by atoms with van der Waals surface area (Å²) in [5, 5.41) is 20.5. The third kappa shape index (κ3) is 2.05. The Balaban J connectivity index is 2.20. The van der Waals surface area contributed by atoms with Gasteiger partial charge in [-0.25, -0.2) is 9.97 Å². The van der Waals surface area contributed by atoms with E-state index in [0.29, 0.717) is 16.6 Å². The van der Waals surface area contributed by atoms with Crippen LogP contribution in [-0.2, 0) is 4.74 Å². The molecule has 1 fully saturated rings. The van der Waals surface area contributed by atoms with Crippen molar-refractivity contribution in [3.05, 3.63) is 18.1 Å². The normalized spacial score (nSPS) is 29.1. The number of nitrogens with zero attached hydrogens (tertiary/aromatic N) is 3. The quantitative estimate of drug-likeness (QED) is 0.535. The fraction of sp³-hybridized carbons (Fsp3) is 0.417. The molecule has 0 bridgehead atoms. The van der Waals surface area contributed by atoms with Gasteiger partial charge in [-0.3, -0.25) is 0 Å². The Labute approximate surface area is 125 Å². The van der Waals surface area contributed by atoms with Gasteiger partial charge in [0, 0.05) is 11.8 Å². The third-order valence-corrected chi connectivity index (χ3v) is 3.88. The van der Waals surface area contributed by atoms with Gasteiger partial charge in [0.25, 0.3) is 0 Å². The molecule has 1 aliphatic rings. The van der Waals surface area contributed by atoms with Crippen LogP contribution in [0.4, 0.5) is 5.82 Å². The number of nitrogen functional groups attached to an aromatic ring is 1. The molecule has 0 aromatic carbocycles. The molecule has 21 heavy (non-hydrogen) atoms. The van der Waals surface area contributed by atoms with Crippen LogP contribution >= 0.6 is 12.2 Å². The molecule has 1 saturated heterocycles. The van der Waals surface area contributed by atoms with E-state index in [9.17, 15) is 10.2 Å². The van der Waals surface area contributed by atoms with Crippen LogP contribution in [0.5, 0.6) is 0 Å². The van der Waals surface area contributed by atoms with Crippen molar-refractivity contribution in [2.45, 2.75) is 31.5 Å². The van der Waals surface area contributed by atoms with Gasteiger partial charge in [-0.15, -0.1) is 0 Å². The zero-order chi connectivity index (χ0) is 15.3. The Morgan fingerprint density at radius 2 is 2.10 bits per heavy atom. The highest BCUT2D eigenvalue weighted by molar-refractivity contribution is 7.80. The van der Waals surface area contributed by atoms with Gasteiger partial charge >= 0.3 is 0 Å². The highest BCUT2D eigenvalue weighted by Crippen LogP contribution is 2.34. The van der Waals surface area contributed by atoms with E-state index in [1.165, 1.54) is 6.33 Å². The number of rotatable bonds is 2. The highest BCUT2D eigenvalue weighted by Gasteiger charge is 2.42. The second-order valence-electron chi connectivity index (χ2n) is 4.98. The van der Waals surface area contributed by atoms with Crippen molar-refractivity contribution in [1.29, 1.82) is 0 Å². The first-order valence-electron chi connectivity index (χ1n) is 6.34. The minimum atomic E-state index is -1.09. The summed E-state index contributed by atoms with van der Waals surface area (Å²) in [7, 11) is 0. The van der Waals surface area contributed by atoms with E-state index in [1.807, 2.05) is 0 Å². The number of hydrogen-bond donors (Lipinski definition) is 4. The maximum Gasteiger partial charge on any atom is 0.164 e. The van der Waals surface area contributed by atoms with Crippen molar-refractivity contribution in [3.63, 3.8) is 0 Å². The topological polar surface area (TPSA) is 132 Å². The lowest BCUT2D eigenvalue weighted by atomic mass is 10.1. The summed E-state index contributed by atoms with van der Waals surface area (Å²) in [5.41, 5.74) is 12.5. The van der Waals surface area contributed by atoms with Crippen molar-refractivity contribution < 1.29 is 14.9 Å². The summed E-state index contributed by atoms with van der Waals surface area (Å²) >= 11 is 5.01. The summed E-state index contributed by atoms with van der Waals surface area (Å²) in [4.78, 5) is 8.22. The molecule has 2 aromatic heterocycles. The average molecular weight is 309 g/mol. The number of anilines is 1. The van der Waals surface area contributed by atoms with Gasteiger partial charge in [-0.05, 0) is 6.92 Å². The first kappa shape index (κ1) is 14.1. The predicted octanol–water partition coefficient (Wildman–Crippen LogP) is -0.713. The van der Waals surface area contributed by atoms with E-state index in [4.69, 9.17) is 28.4 Å². The smallest absolute Gasteiger partial charge is 0.164 e. The van der Waals surface area contributed by atoms with Gasteiger partial charge in [0.1, 0.15) is 35.0 Å². The molecule has 0 aliphatic carbocycles. The Bertz CT molecular complexity index is 718. The van der Waals surface area contributed by atoms with Gasteiger partial charge in [-0.2, -0.15) is 0 Å². The standard InChI is InChI=1S/C12H15N5O3S/c1-4-7(18)8(19)12(20-4)17-2-5(10(14)21)6-9(13)15-3-16-11(6)17/h2-4,7-8,12,18-19H,1H3,(H2,14,21)(H2,13,15,16)/t4-,7-,8-,12?/m1/s1. The molecule has 9 heteroatoms. The van der Waals surface area contributed by atoms with Crippen LogP contribution in [0.1, 0.15) is 18.7 Å². The maximum atomic E-state index is 10.1. The first-order valence-corrected chi connectivity index (χ1v) is 6.75. The van der Waals surface area contributed by atoms with Gasteiger partial charge in [0.2, 0.25) is 0 Å². The monoisotopic (exact) mass is 309 g/mol. The molecular weight excluding hydrogens is 294 g/mol. The molecule has 4 atom stereocenters. The first-order chi connectivity index (χ1) is 9.91. The summed E-state index contributed by atoms with van der Waals surface area (Å²) in [6, 6.07) is 0. The highest BCUT2D eigenvalue weighted by atomic mass is 32.1. The molecule has 2 aromatic rings. The zero-order valence-electron chi connectivity index (χ0n) is 11.2. The summed E-state index contributed by atoms with van der Waals surface area (Å²) in [6.45, 7) is 1.68. The number of thiocarbonyl (C=S) groups is 1. The van der Waals surface area contributed by atoms with E-state index in [1.54, 1.807) is 17.7 Å². The van der Waals surface area contributed by atoms with Crippen LogP contribution < -0.4 is 11.5 Å². The molecule has 1 aliphatic heterocycles. The van der Waals surface area contributed by atoms with Crippen molar-refractivity contribution in [3.8, 4) is 0 Å². The van der Waals surface area contributed by atoms with Crippen LogP contribution in [0, 0.1) is 0 Å². The van der Waals surface area contributed by atoms with Gasteiger partial charge in [0.05, 0.1) is 11.5 Å². The summed E-state index contributed by atoms with van der Waals surface area (Å²) < 4.78 is 7.16. The van der Waals surface area contributed by atoms with E-state index in [-0.39, 0.29) is 10.8 Å². The fourth-order valence-corrected chi connectivity index (χ4v) is 2.70. The number of aliphatic hydroxyl groups is 2. The molecule has 6 N–H and O–H groups in total. The second kappa shape index (κ2) is 4.88. The van der Waals surface area contributed by atoms with E-state index in [0.717, 1.165) is 0 Å². The molecule has 8 nitrogen and oxygen atoms in total. The molecule has 3 rings (SSSR count). The van der Waals surface area contributed by atoms with Crippen LogP contribution in [-0.4, -0.2) is 48.0 Å². The van der Waals surface area contributed by atoms with Gasteiger partial charge < -0.3 is 31.0 Å². The molecule has 3 heterocycles. The molecule has 0 saturated carbocycles. The number of ether oxygens (including phenoxy) is 1. The van der Waals surface area contributed by atoms with E-state index >= 15 is 0 Å². The fourth-order valence-electron chi connectivity index (χ4n) is 2.55. The van der Waals surface area contributed by atoms with E-state index < -0.39 is 24.5 Å². The maximum absolute atomic E-state index is 10.1. The Morgan fingerprint density at radius 1 is 1.38 bits per heavy atom. The second-order valence-corrected chi connectivity index (χ2v) is 5.42. The number of aliphatic hydroxyl groups excluding tert-OH is 2. The van der Waals surface area contributed by atoms with E-state index in [2.05, 4.69) is 9.97 Å². The minimum absolute atomic E-state index is 0.140. The molecule has 112 valence electrons. The lowest BCUT2D eigenvalue weighted by Crippen LogP contribution is -2.30. The molecular formula is C12H15N5O3S. The molecule has 0 radical (unpaired) electrons. The number of fused-ring (bicyclic) bond motifs is 1. The van der Waals surface area contributed by atoms with Crippen LogP contribution in [0.3, 0.4) is 0 Å². The van der Waals surface area contributed by atoms with Crippen LogP contribution in [0.2, 0.25) is 0 Å². The SMILES string of the molecule is C[C@H]1OC(n2cc(C(N)=S)c3c(N)ncnc32)[C@H](O)[C@@H]1O. The van der Waals surface area contributed by atoms with Gasteiger partial charge in [0.15, 0.2) is 6.23 Å². The average Bonchev–Trinajstić information content (AvgIpc) is 2.94. The Morgan fingerprint density at radius 3 is 2.67 bits per heavy atom. The van der Waals surface area contributed by atoms with Gasteiger partial charge in [-0.1, -0.05) is 12.2 Å². The van der Waals surface area contributed by atoms with Crippen molar-refractivity contribution in [2.75, 3.05) is 5.73 Å². The van der Waals surface area contributed by atoms with Crippen molar-refractivity contribution in [1.82, 2.24) is 14.5 Å². The number of nitrogens with two attached hydrogens (primary N) is 2. The predicted molar refractivity (Wildman–Crippen MR) is 79.4 cm³/mol. The summed E-state index contributed by atoms with van der Waals surface area (Å²) in [6.07, 6.45) is -0.467. The molecule has 0 amide bonds. The molecule has 1 unspecified atom stereocenters. The lowest BCUT2D eigenvalue weighted by Gasteiger charge is -2.17.